The maximum Gasteiger partial charge on any atom is 0.219 e. The van der Waals surface area contributed by atoms with Crippen molar-refractivity contribution in [2.24, 2.45) is 0 Å². The van der Waals surface area contributed by atoms with Crippen LogP contribution in [0.2, 0.25) is 0 Å². The summed E-state index contributed by atoms with van der Waals surface area (Å²) in [6.07, 6.45) is 1.68. The number of rotatable bonds is 2. The SMILES string of the molecule is CC(=O)N1CCN(c2cnc(N)c(-c3nc4ccc(C)cc4[nH]3)n2)CC1.[HH].[HH]. The Morgan fingerprint density at radius 3 is 2.73 bits per heavy atom. The first kappa shape index (κ1) is 16.3. The summed E-state index contributed by atoms with van der Waals surface area (Å²) < 4.78 is 0. The number of fused-ring (bicyclic) bond motifs is 1. The first-order chi connectivity index (χ1) is 12.5. The Balaban J connectivity index is 0.00000140. The summed E-state index contributed by atoms with van der Waals surface area (Å²) in [5, 5.41) is 0. The lowest BCUT2D eigenvalue weighted by atomic mass is 10.2. The normalized spacial score (nSPS) is 14.8. The third kappa shape index (κ3) is 2.94. The fourth-order valence-electron chi connectivity index (χ4n) is 3.20. The topological polar surface area (TPSA) is 104 Å². The van der Waals surface area contributed by atoms with E-state index in [1.54, 1.807) is 13.1 Å². The number of H-pyrrole nitrogens is 1. The number of aromatic amines is 1. The van der Waals surface area contributed by atoms with E-state index in [1.807, 2.05) is 30.0 Å². The molecule has 3 N–H and O–H groups in total. The molecule has 26 heavy (non-hydrogen) atoms. The molecule has 4 rings (SSSR count). The monoisotopic (exact) mass is 355 g/mol. The predicted octanol–water partition coefficient (Wildman–Crippen LogP) is 2.07. The summed E-state index contributed by atoms with van der Waals surface area (Å²) in [4.78, 5) is 32.3. The minimum absolute atomic E-state index is 0. The van der Waals surface area contributed by atoms with Gasteiger partial charge in [-0.05, 0) is 24.6 Å². The molecule has 0 atom stereocenters. The van der Waals surface area contributed by atoms with E-state index in [2.05, 4.69) is 19.9 Å². The number of benzene rings is 1. The number of amides is 1. The van der Waals surface area contributed by atoms with Gasteiger partial charge in [-0.25, -0.2) is 15.0 Å². The van der Waals surface area contributed by atoms with E-state index in [1.165, 1.54) is 0 Å². The second-order valence-corrected chi connectivity index (χ2v) is 6.56. The van der Waals surface area contributed by atoms with Gasteiger partial charge in [-0.15, -0.1) is 0 Å². The van der Waals surface area contributed by atoms with Crippen LogP contribution in [0.1, 0.15) is 15.3 Å². The van der Waals surface area contributed by atoms with E-state index >= 15 is 0 Å². The molecule has 3 heterocycles. The van der Waals surface area contributed by atoms with Crippen molar-refractivity contribution in [3.05, 3.63) is 30.0 Å². The number of nitrogen functional groups attached to an aromatic ring is 1. The van der Waals surface area contributed by atoms with Crippen molar-refractivity contribution in [2.75, 3.05) is 36.8 Å². The number of nitrogens with one attached hydrogen (secondary N) is 1. The molecule has 1 saturated heterocycles. The average molecular weight is 355 g/mol. The first-order valence-electron chi connectivity index (χ1n) is 8.61. The van der Waals surface area contributed by atoms with Crippen molar-refractivity contribution < 1.29 is 7.65 Å². The van der Waals surface area contributed by atoms with E-state index in [-0.39, 0.29) is 8.76 Å². The highest BCUT2D eigenvalue weighted by atomic mass is 16.2. The Morgan fingerprint density at radius 2 is 2.00 bits per heavy atom. The number of carbonyl (C=O) groups excluding carboxylic acids is 1. The van der Waals surface area contributed by atoms with E-state index in [0.717, 1.165) is 35.5 Å². The summed E-state index contributed by atoms with van der Waals surface area (Å²) in [5.41, 5.74) is 9.58. The first-order valence-corrected chi connectivity index (χ1v) is 8.61. The lowest BCUT2D eigenvalue weighted by Crippen LogP contribution is -2.48. The molecule has 0 saturated carbocycles. The highest BCUT2D eigenvalue weighted by Crippen LogP contribution is 2.25. The number of aryl methyl sites for hydroxylation is 1. The van der Waals surface area contributed by atoms with Crippen molar-refractivity contribution >= 4 is 28.6 Å². The van der Waals surface area contributed by atoms with Crippen LogP contribution in [0.25, 0.3) is 22.6 Å². The Morgan fingerprint density at radius 1 is 1.23 bits per heavy atom. The molecule has 0 aliphatic carbocycles. The highest BCUT2D eigenvalue weighted by molar-refractivity contribution is 5.81. The summed E-state index contributed by atoms with van der Waals surface area (Å²) in [6.45, 7) is 6.44. The van der Waals surface area contributed by atoms with Crippen LogP contribution < -0.4 is 10.6 Å². The Labute approximate surface area is 154 Å². The molecule has 1 aliphatic heterocycles. The van der Waals surface area contributed by atoms with Crippen LogP contribution in [0, 0.1) is 6.92 Å². The van der Waals surface area contributed by atoms with Gasteiger partial charge in [0.1, 0.15) is 5.82 Å². The second kappa shape index (κ2) is 6.29. The third-order valence-electron chi connectivity index (χ3n) is 4.70. The number of imidazole rings is 1. The van der Waals surface area contributed by atoms with Crippen molar-refractivity contribution in [3.63, 3.8) is 0 Å². The smallest absolute Gasteiger partial charge is 0.219 e. The lowest BCUT2D eigenvalue weighted by molar-refractivity contribution is -0.129. The molecule has 2 aromatic heterocycles. The van der Waals surface area contributed by atoms with Gasteiger partial charge in [0.15, 0.2) is 17.3 Å². The number of nitrogens with zero attached hydrogens (tertiary/aromatic N) is 5. The van der Waals surface area contributed by atoms with Crippen LogP contribution >= 0.6 is 0 Å². The van der Waals surface area contributed by atoms with Gasteiger partial charge in [0.05, 0.1) is 17.2 Å². The number of hydrogen-bond donors (Lipinski definition) is 2. The highest BCUT2D eigenvalue weighted by Gasteiger charge is 2.21. The number of nitrogens with two attached hydrogens (primary N) is 1. The molecule has 0 radical (unpaired) electrons. The molecule has 1 aromatic carbocycles. The minimum atomic E-state index is 0. The molecule has 1 aliphatic rings. The van der Waals surface area contributed by atoms with Gasteiger partial charge >= 0.3 is 0 Å². The molecule has 8 heteroatoms. The van der Waals surface area contributed by atoms with E-state index in [9.17, 15) is 4.79 Å². The van der Waals surface area contributed by atoms with Gasteiger partial charge in [-0.3, -0.25) is 4.79 Å². The summed E-state index contributed by atoms with van der Waals surface area (Å²) in [5.74, 6) is 1.80. The lowest BCUT2D eigenvalue weighted by Gasteiger charge is -2.34. The molecule has 0 spiro atoms. The van der Waals surface area contributed by atoms with Crippen molar-refractivity contribution in [1.29, 1.82) is 0 Å². The number of hydrogen-bond acceptors (Lipinski definition) is 6. The summed E-state index contributed by atoms with van der Waals surface area (Å²) in [6, 6.07) is 6.03. The maximum atomic E-state index is 11.5. The van der Waals surface area contributed by atoms with Crippen molar-refractivity contribution in [2.45, 2.75) is 13.8 Å². The minimum Gasteiger partial charge on any atom is -0.382 e. The Hall–Kier alpha value is -3.16. The zero-order valence-corrected chi connectivity index (χ0v) is 14.9. The zero-order chi connectivity index (χ0) is 18.3. The van der Waals surface area contributed by atoms with Gasteiger partial charge in [0.2, 0.25) is 5.91 Å². The number of aromatic nitrogens is 4. The van der Waals surface area contributed by atoms with Crippen LogP contribution in [0.5, 0.6) is 0 Å². The average Bonchev–Trinajstić information content (AvgIpc) is 3.05. The predicted molar refractivity (Wildman–Crippen MR) is 105 cm³/mol. The molecular weight excluding hydrogens is 330 g/mol. The molecule has 8 nitrogen and oxygen atoms in total. The number of carbonyl (C=O) groups is 1. The van der Waals surface area contributed by atoms with Gasteiger partial charge < -0.3 is 20.5 Å². The standard InChI is InChI=1S/C18H21N7O.2H2/c1-11-3-4-13-14(9-11)22-18(21-13)16-17(19)20-10-15(23-16)25-7-5-24(6-8-25)12(2)26;;/h3-4,9-10H,5-8H2,1-2H3,(H2,19,20)(H,21,22);2*1H. The Kier molecular flexibility index (Phi) is 3.95. The van der Waals surface area contributed by atoms with Gasteiger partial charge in [0, 0.05) is 36.0 Å². The fraction of sp³-hybridized carbons (Fsp3) is 0.333. The van der Waals surface area contributed by atoms with Crippen LogP contribution in [0.15, 0.2) is 24.4 Å². The number of anilines is 2. The van der Waals surface area contributed by atoms with Gasteiger partial charge in [-0.1, -0.05) is 6.07 Å². The van der Waals surface area contributed by atoms with Crippen LogP contribution in [-0.2, 0) is 4.79 Å². The summed E-state index contributed by atoms with van der Waals surface area (Å²) in [7, 11) is 0. The van der Waals surface area contributed by atoms with Gasteiger partial charge in [-0.2, -0.15) is 0 Å². The van der Waals surface area contributed by atoms with Crippen molar-refractivity contribution in [1.82, 2.24) is 24.8 Å². The van der Waals surface area contributed by atoms with Crippen molar-refractivity contribution in [3.8, 4) is 11.5 Å². The molecule has 1 amide bonds. The maximum absolute atomic E-state index is 11.5. The fourth-order valence-corrected chi connectivity index (χ4v) is 3.20. The van der Waals surface area contributed by atoms with Crippen LogP contribution in [0.4, 0.5) is 11.6 Å². The molecule has 0 bridgehead atoms. The zero-order valence-electron chi connectivity index (χ0n) is 14.9. The molecule has 3 aromatic rings. The molecular formula is C18H25N7O. The summed E-state index contributed by atoms with van der Waals surface area (Å²) >= 11 is 0. The third-order valence-corrected chi connectivity index (χ3v) is 4.70. The van der Waals surface area contributed by atoms with Gasteiger partial charge in [0.25, 0.3) is 0 Å². The quantitative estimate of drug-likeness (QED) is 0.729. The second-order valence-electron chi connectivity index (χ2n) is 6.56. The molecule has 1 fully saturated rings. The van der Waals surface area contributed by atoms with E-state index in [4.69, 9.17) is 10.7 Å². The van der Waals surface area contributed by atoms with E-state index in [0.29, 0.717) is 30.4 Å². The van der Waals surface area contributed by atoms with E-state index < -0.39 is 0 Å². The van der Waals surface area contributed by atoms with Crippen LogP contribution in [-0.4, -0.2) is 56.9 Å². The molecule has 138 valence electrons. The Bertz CT molecular complexity index is 983. The van der Waals surface area contributed by atoms with Crippen LogP contribution in [0.3, 0.4) is 0 Å². The number of piperazine rings is 1. The largest absolute Gasteiger partial charge is 0.382 e. The molecule has 0 unspecified atom stereocenters.